The van der Waals surface area contributed by atoms with Gasteiger partial charge in [0, 0.05) is 18.9 Å². The van der Waals surface area contributed by atoms with Gasteiger partial charge in [-0.1, -0.05) is 17.7 Å². The molecule has 0 spiro atoms. The second kappa shape index (κ2) is 4.17. The fraction of sp³-hybridized carbons (Fsp3) is 0.250. The van der Waals surface area contributed by atoms with Gasteiger partial charge in [-0.3, -0.25) is 0 Å². The first-order valence-electron chi connectivity index (χ1n) is 5.01. The van der Waals surface area contributed by atoms with Gasteiger partial charge in [0.25, 0.3) is 0 Å². The third-order valence-electron chi connectivity index (χ3n) is 2.44. The Balaban J connectivity index is 1.99. The van der Waals surface area contributed by atoms with E-state index in [9.17, 15) is 0 Å². The maximum Gasteiger partial charge on any atom is 0.0946 e. The van der Waals surface area contributed by atoms with E-state index in [1.54, 1.807) is 0 Å². The first-order valence-corrected chi connectivity index (χ1v) is 5.01. The van der Waals surface area contributed by atoms with E-state index < -0.39 is 0 Å². The van der Waals surface area contributed by atoms with Crippen LogP contribution in [0.15, 0.2) is 36.8 Å². The van der Waals surface area contributed by atoms with Crippen LogP contribution in [0.1, 0.15) is 11.3 Å². The summed E-state index contributed by atoms with van der Waals surface area (Å²) in [5, 5.41) is 3.35. The van der Waals surface area contributed by atoms with E-state index in [0.29, 0.717) is 0 Å². The summed E-state index contributed by atoms with van der Waals surface area (Å²) >= 11 is 0. The number of anilines is 1. The first-order chi connectivity index (χ1) is 7.25. The Bertz CT molecular complexity index is 428. The molecule has 3 nitrogen and oxygen atoms in total. The summed E-state index contributed by atoms with van der Waals surface area (Å²) in [7, 11) is 2.00. The summed E-state index contributed by atoms with van der Waals surface area (Å²) in [5.74, 6) is 0. The largest absolute Gasteiger partial charge is 0.379 e. The number of imidazole rings is 1. The van der Waals surface area contributed by atoms with Crippen molar-refractivity contribution in [2.24, 2.45) is 7.05 Å². The van der Waals surface area contributed by atoms with Gasteiger partial charge in [0.15, 0.2) is 0 Å². The normalized spacial score (nSPS) is 10.3. The molecule has 2 aromatic rings. The molecule has 78 valence electrons. The Labute approximate surface area is 89.8 Å². The standard InChI is InChI=1S/C12H15N3/c1-10-3-5-11(6-4-10)14-8-12-7-13-9-15(12)2/h3-7,9,14H,8H2,1-2H3. The molecular formula is C12H15N3. The minimum absolute atomic E-state index is 0.805. The van der Waals surface area contributed by atoms with Crippen LogP contribution < -0.4 is 5.32 Å². The molecule has 1 heterocycles. The van der Waals surface area contributed by atoms with Crippen LogP contribution in [0.3, 0.4) is 0 Å². The van der Waals surface area contributed by atoms with E-state index >= 15 is 0 Å². The monoisotopic (exact) mass is 201 g/mol. The minimum atomic E-state index is 0.805. The Morgan fingerprint density at radius 2 is 2.00 bits per heavy atom. The number of rotatable bonds is 3. The van der Waals surface area contributed by atoms with Crippen LogP contribution in [0.2, 0.25) is 0 Å². The molecule has 0 aliphatic rings. The van der Waals surface area contributed by atoms with Crippen LogP contribution in [0.25, 0.3) is 0 Å². The van der Waals surface area contributed by atoms with E-state index in [-0.39, 0.29) is 0 Å². The Kier molecular flexibility index (Phi) is 2.72. The van der Waals surface area contributed by atoms with Gasteiger partial charge in [-0.2, -0.15) is 0 Å². The number of hydrogen-bond donors (Lipinski definition) is 1. The Morgan fingerprint density at radius 1 is 1.27 bits per heavy atom. The van der Waals surface area contributed by atoms with Gasteiger partial charge in [0.2, 0.25) is 0 Å². The number of hydrogen-bond acceptors (Lipinski definition) is 2. The van der Waals surface area contributed by atoms with Gasteiger partial charge in [-0.25, -0.2) is 4.98 Å². The van der Waals surface area contributed by atoms with Crippen molar-refractivity contribution in [1.82, 2.24) is 9.55 Å². The van der Waals surface area contributed by atoms with E-state index in [4.69, 9.17) is 0 Å². The minimum Gasteiger partial charge on any atom is -0.379 e. The predicted octanol–water partition coefficient (Wildman–Crippen LogP) is 2.34. The molecule has 0 radical (unpaired) electrons. The predicted molar refractivity (Wildman–Crippen MR) is 61.7 cm³/mol. The number of nitrogens with zero attached hydrogens (tertiary/aromatic N) is 2. The fourth-order valence-electron chi connectivity index (χ4n) is 1.42. The molecule has 0 unspecified atom stereocenters. The van der Waals surface area contributed by atoms with Crippen molar-refractivity contribution >= 4 is 5.69 Å². The summed E-state index contributed by atoms with van der Waals surface area (Å²) in [5.41, 5.74) is 3.60. The highest BCUT2D eigenvalue weighted by Crippen LogP contribution is 2.10. The lowest BCUT2D eigenvalue weighted by Crippen LogP contribution is -2.03. The van der Waals surface area contributed by atoms with Crippen molar-refractivity contribution in [1.29, 1.82) is 0 Å². The number of nitrogens with one attached hydrogen (secondary N) is 1. The lowest BCUT2D eigenvalue weighted by Gasteiger charge is -2.06. The maximum atomic E-state index is 4.07. The van der Waals surface area contributed by atoms with E-state index in [2.05, 4.69) is 41.5 Å². The molecule has 3 heteroatoms. The molecule has 0 saturated heterocycles. The zero-order valence-corrected chi connectivity index (χ0v) is 9.07. The molecule has 0 aliphatic heterocycles. The highest BCUT2D eigenvalue weighted by atomic mass is 15.0. The molecule has 0 bridgehead atoms. The second-order valence-electron chi connectivity index (χ2n) is 3.72. The molecule has 1 aromatic heterocycles. The number of aryl methyl sites for hydroxylation is 2. The van der Waals surface area contributed by atoms with Gasteiger partial charge in [-0.05, 0) is 19.1 Å². The average Bonchev–Trinajstić information content (AvgIpc) is 2.63. The molecule has 15 heavy (non-hydrogen) atoms. The molecule has 0 amide bonds. The summed E-state index contributed by atoms with van der Waals surface area (Å²) < 4.78 is 2.02. The Hall–Kier alpha value is -1.77. The maximum absolute atomic E-state index is 4.07. The molecule has 0 aliphatic carbocycles. The van der Waals surface area contributed by atoms with Crippen molar-refractivity contribution in [2.45, 2.75) is 13.5 Å². The van der Waals surface area contributed by atoms with Crippen LogP contribution in [-0.4, -0.2) is 9.55 Å². The van der Waals surface area contributed by atoms with Crippen molar-refractivity contribution in [2.75, 3.05) is 5.32 Å². The van der Waals surface area contributed by atoms with E-state index in [1.165, 1.54) is 11.3 Å². The van der Waals surface area contributed by atoms with E-state index in [1.807, 2.05) is 24.1 Å². The summed E-state index contributed by atoms with van der Waals surface area (Å²) in [6, 6.07) is 8.38. The molecule has 0 saturated carbocycles. The lowest BCUT2D eigenvalue weighted by molar-refractivity contribution is 0.837. The number of benzene rings is 1. The molecule has 1 aromatic carbocycles. The smallest absolute Gasteiger partial charge is 0.0946 e. The van der Waals surface area contributed by atoms with Crippen molar-refractivity contribution in [3.05, 3.63) is 48.0 Å². The summed E-state index contributed by atoms with van der Waals surface area (Å²) in [4.78, 5) is 4.07. The third-order valence-corrected chi connectivity index (χ3v) is 2.44. The summed E-state index contributed by atoms with van der Waals surface area (Å²) in [6.45, 7) is 2.89. The van der Waals surface area contributed by atoms with Crippen molar-refractivity contribution < 1.29 is 0 Å². The highest BCUT2D eigenvalue weighted by molar-refractivity contribution is 5.44. The molecule has 0 fully saturated rings. The second-order valence-corrected chi connectivity index (χ2v) is 3.72. The van der Waals surface area contributed by atoms with Crippen molar-refractivity contribution in [3.8, 4) is 0 Å². The fourth-order valence-corrected chi connectivity index (χ4v) is 1.42. The lowest BCUT2D eigenvalue weighted by atomic mass is 10.2. The first kappa shape index (κ1) is 9.77. The average molecular weight is 201 g/mol. The SMILES string of the molecule is Cc1ccc(NCc2cncn2C)cc1. The van der Waals surface area contributed by atoms with Crippen LogP contribution in [0, 0.1) is 6.92 Å². The molecular weight excluding hydrogens is 186 g/mol. The Morgan fingerprint density at radius 3 is 2.60 bits per heavy atom. The molecule has 1 N–H and O–H groups in total. The zero-order valence-electron chi connectivity index (χ0n) is 9.07. The summed E-state index contributed by atoms with van der Waals surface area (Å²) in [6.07, 6.45) is 3.69. The van der Waals surface area contributed by atoms with Gasteiger partial charge < -0.3 is 9.88 Å². The van der Waals surface area contributed by atoms with Gasteiger partial charge in [-0.15, -0.1) is 0 Å². The quantitative estimate of drug-likeness (QED) is 0.826. The van der Waals surface area contributed by atoms with Gasteiger partial charge in [0.05, 0.1) is 18.6 Å². The van der Waals surface area contributed by atoms with Crippen LogP contribution >= 0.6 is 0 Å². The topological polar surface area (TPSA) is 29.9 Å². The van der Waals surface area contributed by atoms with Gasteiger partial charge in [0.1, 0.15) is 0 Å². The van der Waals surface area contributed by atoms with Crippen molar-refractivity contribution in [3.63, 3.8) is 0 Å². The van der Waals surface area contributed by atoms with E-state index in [0.717, 1.165) is 12.2 Å². The zero-order chi connectivity index (χ0) is 10.7. The van der Waals surface area contributed by atoms with Crippen LogP contribution in [-0.2, 0) is 13.6 Å². The van der Waals surface area contributed by atoms with Crippen LogP contribution in [0.4, 0.5) is 5.69 Å². The molecule has 0 atom stereocenters. The van der Waals surface area contributed by atoms with Crippen LogP contribution in [0.5, 0.6) is 0 Å². The molecule has 2 rings (SSSR count). The highest BCUT2D eigenvalue weighted by Gasteiger charge is 1.97. The van der Waals surface area contributed by atoms with Gasteiger partial charge >= 0.3 is 0 Å². The third kappa shape index (κ3) is 2.37. The number of aromatic nitrogens is 2.